The van der Waals surface area contributed by atoms with Gasteiger partial charge in [0.2, 0.25) is 0 Å². The van der Waals surface area contributed by atoms with Gasteiger partial charge in [-0.05, 0) is 107 Å². The first-order chi connectivity index (χ1) is 15.3. The molecule has 0 radical (unpaired) electrons. The van der Waals surface area contributed by atoms with Crippen LogP contribution in [0.5, 0.6) is 0 Å². The average molecular weight is 393 g/mol. The van der Waals surface area contributed by atoms with Crippen molar-refractivity contribution in [3.63, 3.8) is 0 Å². The lowest BCUT2D eigenvalue weighted by Gasteiger charge is -2.24. The normalized spacial score (nSPS) is 14.1. The Morgan fingerprint density at radius 2 is 1.03 bits per heavy atom. The Morgan fingerprint density at radius 3 is 1.71 bits per heavy atom. The summed E-state index contributed by atoms with van der Waals surface area (Å²) in [5.74, 6) is 0. The molecule has 0 bridgehead atoms. The van der Waals surface area contributed by atoms with Crippen LogP contribution in [0.25, 0.3) is 76.8 Å². The topological polar surface area (TPSA) is 0 Å². The minimum Gasteiger partial charge on any atom is -0.0801 e. The van der Waals surface area contributed by atoms with Crippen LogP contribution in [-0.4, -0.2) is 0 Å². The Kier molecular flexibility index (Phi) is 2.68. The molecule has 0 aliphatic heterocycles. The SMILES string of the molecule is Cc1c2c3c(c4cccc5c(C)c6cccc7c8cccc1c8c3c(c54)c67)=CCC=C2. The van der Waals surface area contributed by atoms with Crippen molar-refractivity contribution in [1.82, 2.24) is 0 Å². The quantitative estimate of drug-likeness (QED) is 0.181. The molecule has 8 rings (SSSR count). The van der Waals surface area contributed by atoms with Crippen LogP contribution >= 0.6 is 0 Å². The van der Waals surface area contributed by atoms with Gasteiger partial charge in [-0.25, -0.2) is 0 Å². The van der Waals surface area contributed by atoms with Crippen LogP contribution in [0.4, 0.5) is 0 Å². The van der Waals surface area contributed by atoms with Gasteiger partial charge in [-0.1, -0.05) is 72.8 Å². The number of benzene rings is 7. The van der Waals surface area contributed by atoms with E-state index in [1.807, 2.05) is 0 Å². The van der Waals surface area contributed by atoms with Crippen LogP contribution in [0.1, 0.15) is 23.1 Å². The van der Waals surface area contributed by atoms with Gasteiger partial charge in [0.15, 0.2) is 0 Å². The molecule has 1 aliphatic carbocycles. The highest BCUT2D eigenvalue weighted by Gasteiger charge is 2.24. The molecule has 31 heavy (non-hydrogen) atoms. The summed E-state index contributed by atoms with van der Waals surface area (Å²) in [5.41, 5.74) is 4.20. The molecule has 0 saturated carbocycles. The number of aryl methyl sites for hydroxylation is 2. The molecule has 0 unspecified atom stereocenters. The molecule has 7 aromatic rings. The van der Waals surface area contributed by atoms with Crippen LogP contribution in [0, 0.1) is 13.8 Å². The van der Waals surface area contributed by atoms with E-state index in [-0.39, 0.29) is 0 Å². The summed E-state index contributed by atoms with van der Waals surface area (Å²) < 4.78 is 0. The summed E-state index contributed by atoms with van der Waals surface area (Å²) in [7, 11) is 0. The van der Waals surface area contributed by atoms with Crippen molar-refractivity contribution in [1.29, 1.82) is 0 Å². The molecule has 7 aromatic carbocycles. The predicted molar refractivity (Wildman–Crippen MR) is 137 cm³/mol. The van der Waals surface area contributed by atoms with Crippen LogP contribution < -0.4 is 5.22 Å². The number of allylic oxidation sites excluding steroid dienone is 1. The second-order valence-corrected chi connectivity index (χ2v) is 9.23. The molecular formula is C31H20. The molecule has 0 aromatic heterocycles. The summed E-state index contributed by atoms with van der Waals surface area (Å²) in [5, 5.41) is 18.5. The number of hydrogen-bond donors (Lipinski definition) is 0. The standard InChI is InChI=1S/C31H20/c1-16-18-8-3-4-9-22-23-13-5-11-20-17(2)21-12-7-15-25-24-14-6-10-19(16)28(24)30(26(18)22)31(27(20)23)29(21)25/h3,5-15H,4H2,1-2H3. The van der Waals surface area contributed by atoms with E-state index in [0.29, 0.717) is 0 Å². The van der Waals surface area contributed by atoms with E-state index in [4.69, 9.17) is 0 Å². The smallest absolute Gasteiger partial charge is 0.000118 e. The maximum Gasteiger partial charge on any atom is -0.000118 e. The minimum absolute atomic E-state index is 0.982. The fourth-order valence-corrected chi connectivity index (χ4v) is 6.64. The summed E-state index contributed by atoms with van der Waals surface area (Å²) in [6, 6.07) is 20.7. The maximum atomic E-state index is 2.45. The fourth-order valence-electron chi connectivity index (χ4n) is 6.64. The Balaban J connectivity index is 1.97. The highest BCUT2D eigenvalue weighted by atomic mass is 14.3. The Bertz CT molecular complexity index is 1960. The van der Waals surface area contributed by atoms with Crippen molar-refractivity contribution in [2.75, 3.05) is 0 Å². The zero-order valence-electron chi connectivity index (χ0n) is 17.6. The molecule has 144 valence electrons. The van der Waals surface area contributed by atoms with Crippen LogP contribution in [0.15, 0.2) is 60.7 Å². The van der Waals surface area contributed by atoms with Crippen molar-refractivity contribution in [3.8, 4) is 0 Å². The van der Waals surface area contributed by atoms with E-state index in [9.17, 15) is 0 Å². The lowest BCUT2D eigenvalue weighted by Crippen LogP contribution is -2.09. The molecule has 0 heterocycles. The van der Waals surface area contributed by atoms with Gasteiger partial charge in [0.25, 0.3) is 0 Å². The van der Waals surface area contributed by atoms with Crippen molar-refractivity contribution < 1.29 is 0 Å². The third-order valence-electron chi connectivity index (χ3n) is 7.92. The van der Waals surface area contributed by atoms with Crippen LogP contribution in [-0.2, 0) is 0 Å². The first-order valence-corrected chi connectivity index (χ1v) is 11.2. The molecule has 0 amide bonds. The zero-order valence-corrected chi connectivity index (χ0v) is 17.6. The molecule has 0 nitrogen and oxygen atoms in total. The summed E-state index contributed by atoms with van der Waals surface area (Å²) in [6.45, 7) is 4.61. The minimum atomic E-state index is 0.982. The van der Waals surface area contributed by atoms with E-state index < -0.39 is 0 Å². The van der Waals surface area contributed by atoms with Crippen molar-refractivity contribution in [3.05, 3.63) is 82.6 Å². The summed E-state index contributed by atoms with van der Waals surface area (Å²) in [6.07, 6.45) is 8.13. The van der Waals surface area contributed by atoms with Gasteiger partial charge in [0.1, 0.15) is 0 Å². The Morgan fingerprint density at radius 1 is 0.516 bits per heavy atom. The van der Waals surface area contributed by atoms with E-state index in [1.54, 1.807) is 0 Å². The highest BCUT2D eigenvalue weighted by molar-refractivity contribution is 6.45. The third kappa shape index (κ3) is 1.65. The predicted octanol–water partition coefficient (Wildman–Crippen LogP) is 8.01. The first-order valence-electron chi connectivity index (χ1n) is 11.2. The van der Waals surface area contributed by atoms with E-state index in [0.717, 1.165) is 6.42 Å². The second kappa shape index (κ2) is 5.15. The van der Waals surface area contributed by atoms with Crippen LogP contribution in [0.2, 0.25) is 0 Å². The van der Waals surface area contributed by atoms with Gasteiger partial charge in [-0.15, -0.1) is 0 Å². The molecule has 0 spiro atoms. The Labute approximate surface area is 179 Å². The van der Waals surface area contributed by atoms with E-state index >= 15 is 0 Å². The van der Waals surface area contributed by atoms with E-state index in [1.165, 1.54) is 86.5 Å². The lowest BCUT2D eigenvalue weighted by molar-refractivity contribution is 1.51. The van der Waals surface area contributed by atoms with Gasteiger partial charge in [-0.3, -0.25) is 0 Å². The van der Waals surface area contributed by atoms with Gasteiger partial charge in [0.05, 0.1) is 0 Å². The zero-order chi connectivity index (χ0) is 20.4. The molecular weight excluding hydrogens is 372 g/mol. The molecule has 0 saturated heterocycles. The lowest BCUT2D eigenvalue weighted by atomic mass is 9.79. The van der Waals surface area contributed by atoms with Gasteiger partial charge in [-0.2, -0.15) is 0 Å². The fraction of sp³-hybridized carbons (Fsp3) is 0.0968. The highest BCUT2D eigenvalue weighted by Crippen LogP contribution is 2.49. The summed E-state index contributed by atoms with van der Waals surface area (Å²) >= 11 is 0. The monoisotopic (exact) mass is 392 g/mol. The van der Waals surface area contributed by atoms with Crippen molar-refractivity contribution in [2.24, 2.45) is 0 Å². The average Bonchev–Trinajstić information content (AvgIpc) is 3.04. The van der Waals surface area contributed by atoms with Crippen LogP contribution in [0.3, 0.4) is 0 Å². The third-order valence-corrected chi connectivity index (χ3v) is 7.92. The summed E-state index contributed by atoms with van der Waals surface area (Å²) in [4.78, 5) is 0. The largest absolute Gasteiger partial charge is 0.0801 e. The molecule has 0 fully saturated rings. The van der Waals surface area contributed by atoms with Gasteiger partial charge >= 0.3 is 0 Å². The molecule has 0 heteroatoms. The molecule has 0 atom stereocenters. The maximum absolute atomic E-state index is 2.45. The van der Waals surface area contributed by atoms with Crippen molar-refractivity contribution in [2.45, 2.75) is 20.3 Å². The van der Waals surface area contributed by atoms with Gasteiger partial charge < -0.3 is 0 Å². The first kappa shape index (κ1) is 16.1. The number of fused-ring (bicyclic) bond motifs is 2. The number of rotatable bonds is 0. The molecule has 1 aliphatic rings. The Hall–Kier alpha value is -3.64. The van der Waals surface area contributed by atoms with E-state index in [2.05, 4.69) is 86.7 Å². The second-order valence-electron chi connectivity index (χ2n) is 9.23. The molecule has 0 N–H and O–H groups in total. The van der Waals surface area contributed by atoms with Crippen molar-refractivity contribution >= 4 is 76.8 Å². The van der Waals surface area contributed by atoms with Gasteiger partial charge in [0, 0.05) is 0 Å². The number of hydrogen-bond acceptors (Lipinski definition) is 0.